The fourth-order valence-corrected chi connectivity index (χ4v) is 2.35. The maximum Gasteiger partial charge on any atom is 0.198 e. The summed E-state index contributed by atoms with van der Waals surface area (Å²) in [5.74, 6) is 0.0538. The van der Waals surface area contributed by atoms with Crippen LogP contribution in [0.25, 0.3) is 10.9 Å². The van der Waals surface area contributed by atoms with Crippen LogP contribution in [0.1, 0.15) is 5.56 Å². The molecule has 0 fully saturated rings. The molecule has 0 aliphatic rings. The van der Waals surface area contributed by atoms with Crippen molar-refractivity contribution in [2.75, 3.05) is 0 Å². The standard InChI is InChI=1S/C15H10Cl2N2O/c16-9-5-6-13-10(7-9)11(15(20)19-13)8-18-14-4-2-1-3-12(14)17/h1-8,19-20H. The van der Waals surface area contributed by atoms with Gasteiger partial charge in [0.15, 0.2) is 5.88 Å². The third-order valence-corrected chi connectivity index (χ3v) is 3.52. The molecule has 0 bridgehead atoms. The zero-order chi connectivity index (χ0) is 14.1. The van der Waals surface area contributed by atoms with Gasteiger partial charge in [0.25, 0.3) is 0 Å². The Balaban J connectivity index is 2.09. The van der Waals surface area contributed by atoms with Gasteiger partial charge in [-0.05, 0) is 30.3 Å². The molecule has 2 N–H and O–H groups in total. The molecule has 3 rings (SSSR count). The third kappa shape index (κ3) is 2.38. The number of aromatic hydroxyl groups is 1. The molecule has 100 valence electrons. The van der Waals surface area contributed by atoms with Crippen molar-refractivity contribution in [3.63, 3.8) is 0 Å². The van der Waals surface area contributed by atoms with E-state index < -0.39 is 0 Å². The third-order valence-electron chi connectivity index (χ3n) is 2.97. The Hall–Kier alpha value is -1.97. The Bertz CT molecular complexity index is 809. The second-order valence-corrected chi connectivity index (χ2v) is 5.13. The van der Waals surface area contributed by atoms with E-state index in [9.17, 15) is 5.11 Å². The number of rotatable bonds is 2. The van der Waals surface area contributed by atoms with Gasteiger partial charge in [-0.25, -0.2) is 0 Å². The quantitative estimate of drug-likeness (QED) is 0.648. The Kier molecular flexibility index (Phi) is 3.38. The highest BCUT2D eigenvalue weighted by Gasteiger charge is 2.09. The average molecular weight is 305 g/mol. The summed E-state index contributed by atoms with van der Waals surface area (Å²) < 4.78 is 0. The van der Waals surface area contributed by atoms with E-state index in [2.05, 4.69) is 9.98 Å². The summed E-state index contributed by atoms with van der Waals surface area (Å²) in [6.07, 6.45) is 1.58. The summed E-state index contributed by atoms with van der Waals surface area (Å²) in [6, 6.07) is 12.6. The zero-order valence-corrected chi connectivity index (χ0v) is 11.8. The van der Waals surface area contributed by atoms with Gasteiger partial charge in [-0.2, -0.15) is 0 Å². The van der Waals surface area contributed by atoms with Crippen LogP contribution in [0, 0.1) is 0 Å². The van der Waals surface area contributed by atoms with Gasteiger partial charge in [-0.3, -0.25) is 4.99 Å². The topological polar surface area (TPSA) is 48.4 Å². The summed E-state index contributed by atoms with van der Waals surface area (Å²) >= 11 is 12.0. The van der Waals surface area contributed by atoms with Crippen molar-refractivity contribution in [1.82, 2.24) is 4.98 Å². The van der Waals surface area contributed by atoms with Crippen molar-refractivity contribution >= 4 is 46.0 Å². The average Bonchev–Trinajstić information content (AvgIpc) is 2.73. The highest BCUT2D eigenvalue weighted by Crippen LogP contribution is 2.29. The van der Waals surface area contributed by atoms with Crippen LogP contribution in [0.5, 0.6) is 5.88 Å². The Morgan fingerprint density at radius 3 is 2.70 bits per heavy atom. The van der Waals surface area contributed by atoms with Gasteiger partial charge >= 0.3 is 0 Å². The molecule has 0 saturated heterocycles. The van der Waals surface area contributed by atoms with Crippen molar-refractivity contribution in [3.05, 3.63) is 58.1 Å². The lowest BCUT2D eigenvalue weighted by Gasteiger charge is -1.97. The first kappa shape index (κ1) is 13.0. The van der Waals surface area contributed by atoms with Crippen molar-refractivity contribution in [2.45, 2.75) is 0 Å². The number of halogens is 2. The minimum Gasteiger partial charge on any atom is -0.494 e. The van der Waals surface area contributed by atoms with Crippen LogP contribution in [0.4, 0.5) is 5.69 Å². The van der Waals surface area contributed by atoms with Crippen molar-refractivity contribution in [2.24, 2.45) is 4.99 Å². The van der Waals surface area contributed by atoms with Gasteiger partial charge in [-0.1, -0.05) is 35.3 Å². The molecule has 0 amide bonds. The molecular formula is C15H10Cl2N2O. The van der Waals surface area contributed by atoms with Gasteiger partial charge in [0, 0.05) is 22.1 Å². The predicted molar refractivity (Wildman–Crippen MR) is 83.7 cm³/mol. The summed E-state index contributed by atoms with van der Waals surface area (Å²) in [4.78, 5) is 7.19. The molecule has 0 aliphatic heterocycles. The second-order valence-electron chi connectivity index (χ2n) is 4.29. The summed E-state index contributed by atoms with van der Waals surface area (Å²) in [6.45, 7) is 0. The maximum absolute atomic E-state index is 9.95. The van der Waals surface area contributed by atoms with Crippen LogP contribution in [-0.2, 0) is 0 Å². The molecule has 1 aromatic heterocycles. The normalized spacial score (nSPS) is 11.5. The number of hydrogen-bond acceptors (Lipinski definition) is 2. The first-order chi connectivity index (χ1) is 9.65. The molecule has 0 saturated carbocycles. The number of fused-ring (bicyclic) bond motifs is 1. The van der Waals surface area contributed by atoms with E-state index in [-0.39, 0.29) is 5.88 Å². The molecule has 0 spiro atoms. The van der Waals surface area contributed by atoms with Crippen LogP contribution in [0.3, 0.4) is 0 Å². The highest BCUT2D eigenvalue weighted by molar-refractivity contribution is 6.33. The molecule has 0 atom stereocenters. The highest BCUT2D eigenvalue weighted by atomic mass is 35.5. The number of benzene rings is 2. The lowest BCUT2D eigenvalue weighted by molar-refractivity contribution is 0.457. The van der Waals surface area contributed by atoms with Crippen LogP contribution in [0.15, 0.2) is 47.5 Å². The molecule has 5 heteroatoms. The van der Waals surface area contributed by atoms with Gasteiger partial charge in [0.2, 0.25) is 0 Å². The van der Waals surface area contributed by atoms with Crippen LogP contribution < -0.4 is 0 Å². The van der Waals surface area contributed by atoms with Crippen molar-refractivity contribution in [1.29, 1.82) is 0 Å². The number of aliphatic imine (C=N–C) groups is 1. The fourth-order valence-electron chi connectivity index (χ4n) is 1.99. The lowest BCUT2D eigenvalue weighted by Crippen LogP contribution is -1.79. The van der Waals surface area contributed by atoms with Crippen LogP contribution >= 0.6 is 23.2 Å². The fraction of sp³-hybridized carbons (Fsp3) is 0. The molecule has 0 radical (unpaired) electrons. The van der Waals surface area contributed by atoms with E-state index in [0.717, 1.165) is 10.9 Å². The van der Waals surface area contributed by atoms with E-state index in [1.807, 2.05) is 18.2 Å². The second kappa shape index (κ2) is 5.19. The molecular weight excluding hydrogens is 295 g/mol. The molecule has 20 heavy (non-hydrogen) atoms. The number of aromatic amines is 1. The molecule has 2 aromatic carbocycles. The maximum atomic E-state index is 9.95. The lowest BCUT2D eigenvalue weighted by atomic mass is 10.2. The van der Waals surface area contributed by atoms with Crippen LogP contribution in [0.2, 0.25) is 10.0 Å². The zero-order valence-electron chi connectivity index (χ0n) is 10.3. The van der Waals surface area contributed by atoms with Crippen molar-refractivity contribution < 1.29 is 5.11 Å². The van der Waals surface area contributed by atoms with Crippen molar-refractivity contribution in [3.8, 4) is 5.88 Å². The predicted octanol–water partition coefficient (Wildman–Crippen LogP) is 4.93. The number of nitrogens with one attached hydrogen (secondary N) is 1. The minimum atomic E-state index is 0.0538. The van der Waals surface area contributed by atoms with E-state index in [4.69, 9.17) is 23.2 Å². The van der Waals surface area contributed by atoms with E-state index in [1.54, 1.807) is 30.5 Å². The summed E-state index contributed by atoms with van der Waals surface area (Å²) in [5.41, 5.74) is 2.03. The van der Waals surface area contributed by atoms with Gasteiger partial charge in [-0.15, -0.1) is 0 Å². The number of para-hydroxylation sites is 1. The van der Waals surface area contributed by atoms with E-state index in [1.165, 1.54) is 0 Å². The number of H-pyrrole nitrogens is 1. The smallest absolute Gasteiger partial charge is 0.198 e. The summed E-state index contributed by atoms with van der Waals surface area (Å²) in [5, 5.41) is 11.9. The minimum absolute atomic E-state index is 0.0538. The molecule has 3 aromatic rings. The van der Waals surface area contributed by atoms with E-state index in [0.29, 0.717) is 21.3 Å². The molecule has 0 unspecified atom stereocenters. The SMILES string of the molecule is Oc1[nH]c2ccc(Cl)cc2c1C=Nc1ccccc1Cl. The van der Waals surface area contributed by atoms with E-state index >= 15 is 0 Å². The van der Waals surface area contributed by atoms with Gasteiger partial charge in [0.1, 0.15) is 0 Å². The molecule has 3 nitrogen and oxygen atoms in total. The number of nitrogens with zero attached hydrogens (tertiary/aromatic N) is 1. The summed E-state index contributed by atoms with van der Waals surface area (Å²) in [7, 11) is 0. The first-order valence-electron chi connectivity index (χ1n) is 5.94. The van der Waals surface area contributed by atoms with Gasteiger partial charge < -0.3 is 10.1 Å². The molecule has 0 aliphatic carbocycles. The number of aromatic nitrogens is 1. The molecule has 1 heterocycles. The Labute approximate surface area is 125 Å². The van der Waals surface area contributed by atoms with Crippen LogP contribution in [-0.4, -0.2) is 16.3 Å². The Morgan fingerprint density at radius 2 is 1.90 bits per heavy atom. The largest absolute Gasteiger partial charge is 0.494 e. The Morgan fingerprint density at radius 1 is 1.10 bits per heavy atom. The number of hydrogen-bond donors (Lipinski definition) is 2. The monoisotopic (exact) mass is 304 g/mol. The first-order valence-corrected chi connectivity index (χ1v) is 6.69. The van der Waals surface area contributed by atoms with Gasteiger partial charge in [0.05, 0.1) is 16.3 Å².